The molecular weight excluding hydrogens is 152 g/mol. The molecule has 0 saturated carbocycles. The molecule has 1 unspecified atom stereocenters. The number of ether oxygens (including phenoxy) is 1. The fourth-order valence-corrected chi connectivity index (χ4v) is 0.383. The predicted molar refractivity (Wildman–Crippen MR) is 40.8 cm³/mol. The summed E-state index contributed by atoms with van der Waals surface area (Å²) in [6, 6.07) is 0. The second kappa shape index (κ2) is 4.34. The first-order valence-electron chi connectivity index (χ1n) is 3.05. The van der Waals surface area contributed by atoms with E-state index in [9.17, 15) is 4.79 Å². The van der Waals surface area contributed by atoms with Crippen molar-refractivity contribution in [1.29, 1.82) is 0 Å². The Kier molecular flexibility index (Phi) is 4.12. The van der Waals surface area contributed by atoms with Crippen molar-refractivity contribution in [2.75, 3.05) is 0 Å². The molecule has 0 spiro atoms. The van der Waals surface area contributed by atoms with Gasteiger partial charge in [-0.15, -0.1) is 0 Å². The molecule has 0 saturated heterocycles. The number of hydrogen-bond acceptors (Lipinski definition) is 2. The molecule has 0 radical (unpaired) electrons. The van der Waals surface area contributed by atoms with Crippen molar-refractivity contribution in [3.05, 3.63) is 12.7 Å². The van der Waals surface area contributed by atoms with E-state index in [1.165, 1.54) is 0 Å². The molecule has 0 aromatic heterocycles. The van der Waals surface area contributed by atoms with Crippen LogP contribution in [0.3, 0.4) is 0 Å². The summed E-state index contributed by atoms with van der Waals surface area (Å²) in [5.74, 6) is -0.348. The van der Waals surface area contributed by atoms with E-state index in [2.05, 4.69) is 11.3 Å². The van der Waals surface area contributed by atoms with E-state index in [-0.39, 0.29) is 5.92 Å². The Labute approximate surface area is 65.8 Å². The number of hydrogen-bond donors (Lipinski definition) is 0. The number of alkyl halides is 1. The van der Waals surface area contributed by atoms with Crippen LogP contribution in [0.5, 0.6) is 0 Å². The average Bonchev–Trinajstić information content (AvgIpc) is 1.87. The van der Waals surface area contributed by atoms with E-state index in [0.29, 0.717) is 0 Å². The summed E-state index contributed by atoms with van der Waals surface area (Å²) in [6.45, 7) is 6.98. The van der Waals surface area contributed by atoms with Crippen LogP contribution in [0.25, 0.3) is 0 Å². The maximum absolute atomic E-state index is 10.5. The van der Waals surface area contributed by atoms with Gasteiger partial charge in [-0.05, 0) is 0 Å². The molecule has 0 rings (SSSR count). The van der Waals surface area contributed by atoms with Crippen molar-refractivity contribution in [2.24, 2.45) is 5.92 Å². The second-order valence-electron chi connectivity index (χ2n) is 2.24. The quantitative estimate of drug-likeness (QED) is 0.360. The first-order valence-corrected chi connectivity index (χ1v) is 3.48. The van der Waals surface area contributed by atoms with E-state index in [0.717, 1.165) is 6.08 Å². The summed E-state index contributed by atoms with van der Waals surface area (Å²) in [4.78, 5) is 10.5. The molecule has 0 bridgehead atoms. The highest BCUT2D eigenvalue weighted by molar-refractivity contribution is 6.20. The minimum absolute atomic E-state index is 0.130. The standard InChI is InChI=1S/C7H11ClO2/c1-4-6(9)10-7(8)5(2)3/h4-5,7H,1H2,2-3H3. The molecule has 10 heavy (non-hydrogen) atoms. The molecule has 0 aliphatic rings. The van der Waals surface area contributed by atoms with Crippen molar-refractivity contribution < 1.29 is 9.53 Å². The molecule has 0 aromatic rings. The van der Waals surface area contributed by atoms with Gasteiger partial charge in [-0.25, -0.2) is 4.79 Å². The third kappa shape index (κ3) is 3.51. The topological polar surface area (TPSA) is 26.3 Å². The van der Waals surface area contributed by atoms with Crippen LogP contribution in [-0.4, -0.2) is 11.5 Å². The minimum atomic E-state index is -0.550. The van der Waals surface area contributed by atoms with Crippen LogP contribution >= 0.6 is 11.6 Å². The Morgan fingerprint density at radius 2 is 2.20 bits per heavy atom. The molecule has 0 amide bonds. The van der Waals surface area contributed by atoms with Gasteiger partial charge in [0.05, 0.1) is 0 Å². The van der Waals surface area contributed by atoms with Crippen LogP contribution in [0.2, 0.25) is 0 Å². The maximum Gasteiger partial charge on any atom is 0.331 e. The highest BCUT2D eigenvalue weighted by Crippen LogP contribution is 2.10. The van der Waals surface area contributed by atoms with Crippen LogP contribution in [-0.2, 0) is 9.53 Å². The molecule has 1 atom stereocenters. The fraction of sp³-hybridized carbons (Fsp3) is 0.571. The lowest BCUT2D eigenvalue weighted by Crippen LogP contribution is -2.15. The molecule has 3 heteroatoms. The minimum Gasteiger partial charge on any atom is -0.443 e. The normalized spacial score (nSPS) is 12.8. The molecule has 0 fully saturated rings. The predicted octanol–water partition coefficient (Wildman–Crippen LogP) is 1.94. The van der Waals surface area contributed by atoms with E-state index < -0.39 is 11.5 Å². The zero-order valence-corrected chi connectivity index (χ0v) is 6.89. The van der Waals surface area contributed by atoms with Crippen LogP contribution in [0.15, 0.2) is 12.7 Å². The first kappa shape index (κ1) is 9.50. The van der Waals surface area contributed by atoms with Crippen molar-refractivity contribution in [3.63, 3.8) is 0 Å². The molecule has 2 nitrogen and oxygen atoms in total. The average molecular weight is 163 g/mol. The Morgan fingerprint density at radius 1 is 1.70 bits per heavy atom. The van der Waals surface area contributed by atoms with E-state index in [1.807, 2.05) is 13.8 Å². The van der Waals surface area contributed by atoms with Crippen molar-refractivity contribution in [2.45, 2.75) is 19.4 Å². The molecule has 58 valence electrons. The Morgan fingerprint density at radius 3 is 2.50 bits per heavy atom. The SMILES string of the molecule is C=CC(=O)OC(Cl)C(C)C. The van der Waals surface area contributed by atoms with Crippen LogP contribution in [0.1, 0.15) is 13.8 Å². The number of rotatable bonds is 3. The molecular formula is C7H11ClO2. The third-order valence-electron chi connectivity index (χ3n) is 0.920. The lowest BCUT2D eigenvalue weighted by molar-refractivity contribution is -0.140. The third-order valence-corrected chi connectivity index (χ3v) is 1.51. The van der Waals surface area contributed by atoms with E-state index >= 15 is 0 Å². The zero-order chi connectivity index (χ0) is 8.15. The number of carbonyl (C=O) groups is 1. The lowest BCUT2D eigenvalue weighted by atomic mass is 10.2. The van der Waals surface area contributed by atoms with Crippen molar-refractivity contribution in [1.82, 2.24) is 0 Å². The molecule has 0 aliphatic heterocycles. The van der Waals surface area contributed by atoms with E-state index in [1.54, 1.807) is 0 Å². The number of carbonyl (C=O) groups excluding carboxylic acids is 1. The largest absolute Gasteiger partial charge is 0.443 e. The fourth-order valence-electron chi connectivity index (χ4n) is 0.295. The van der Waals surface area contributed by atoms with Crippen LogP contribution in [0.4, 0.5) is 0 Å². The first-order chi connectivity index (χ1) is 4.57. The van der Waals surface area contributed by atoms with Crippen LogP contribution in [0, 0.1) is 5.92 Å². The summed E-state index contributed by atoms with van der Waals surface area (Å²) < 4.78 is 4.67. The highest BCUT2D eigenvalue weighted by Gasteiger charge is 2.12. The van der Waals surface area contributed by atoms with Gasteiger partial charge in [0.1, 0.15) is 0 Å². The monoisotopic (exact) mass is 162 g/mol. The summed E-state index contributed by atoms with van der Waals surface area (Å²) in [6.07, 6.45) is 1.09. The van der Waals surface area contributed by atoms with E-state index in [4.69, 9.17) is 11.6 Å². The molecule has 0 aliphatic carbocycles. The molecule has 0 aromatic carbocycles. The second-order valence-corrected chi connectivity index (χ2v) is 2.67. The summed E-state index contributed by atoms with van der Waals surface area (Å²) in [5.41, 5.74) is -0.550. The molecule has 0 heterocycles. The zero-order valence-electron chi connectivity index (χ0n) is 6.13. The summed E-state index contributed by atoms with van der Waals surface area (Å²) >= 11 is 5.60. The van der Waals surface area contributed by atoms with Gasteiger partial charge < -0.3 is 4.74 Å². The molecule has 0 N–H and O–H groups in total. The Bertz CT molecular complexity index is 132. The maximum atomic E-state index is 10.5. The smallest absolute Gasteiger partial charge is 0.331 e. The Balaban J connectivity index is 3.67. The number of halogens is 1. The van der Waals surface area contributed by atoms with Gasteiger partial charge in [0.15, 0.2) is 5.56 Å². The number of esters is 1. The van der Waals surface area contributed by atoms with Gasteiger partial charge >= 0.3 is 5.97 Å². The van der Waals surface area contributed by atoms with Gasteiger partial charge in [0.25, 0.3) is 0 Å². The lowest BCUT2D eigenvalue weighted by Gasteiger charge is -2.12. The van der Waals surface area contributed by atoms with Gasteiger partial charge in [0.2, 0.25) is 0 Å². The van der Waals surface area contributed by atoms with Gasteiger partial charge in [-0.2, -0.15) is 0 Å². The van der Waals surface area contributed by atoms with Crippen LogP contribution < -0.4 is 0 Å². The summed E-state index contributed by atoms with van der Waals surface area (Å²) in [7, 11) is 0. The van der Waals surface area contributed by atoms with Crippen molar-refractivity contribution >= 4 is 17.6 Å². The van der Waals surface area contributed by atoms with Crippen molar-refractivity contribution in [3.8, 4) is 0 Å². The van der Waals surface area contributed by atoms with Gasteiger partial charge in [-0.3, -0.25) is 0 Å². The Hall–Kier alpha value is -0.500. The van der Waals surface area contributed by atoms with Gasteiger partial charge in [0, 0.05) is 12.0 Å². The highest BCUT2D eigenvalue weighted by atomic mass is 35.5. The van der Waals surface area contributed by atoms with Gasteiger partial charge in [-0.1, -0.05) is 32.0 Å². The summed E-state index contributed by atoms with van der Waals surface area (Å²) in [5, 5.41) is 0.